The summed E-state index contributed by atoms with van der Waals surface area (Å²) in [5.41, 5.74) is 0.469. The van der Waals surface area contributed by atoms with E-state index in [2.05, 4.69) is 10.4 Å². The van der Waals surface area contributed by atoms with Crippen molar-refractivity contribution in [3.8, 4) is 5.75 Å². The molecule has 6 heteroatoms. The topological polar surface area (TPSA) is 67.2 Å². The first-order chi connectivity index (χ1) is 9.16. The van der Waals surface area contributed by atoms with Gasteiger partial charge in [-0.2, -0.15) is 5.10 Å². The van der Waals surface area contributed by atoms with E-state index in [-0.39, 0.29) is 11.7 Å². The molecule has 0 spiro atoms. The second-order valence-corrected chi connectivity index (χ2v) is 5.21. The van der Waals surface area contributed by atoms with Gasteiger partial charge in [-0.3, -0.25) is 9.48 Å². The molecule has 0 aliphatic heterocycles. The zero-order valence-electron chi connectivity index (χ0n) is 10.2. The molecular formula is C13H14IN3O2. The van der Waals surface area contributed by atoms with Gasteiger partial charge in [0.25, 0.3) is 5.91 Å². The van der Waals surface area contributed by atoms with E-state index in [1.165, 1.54) is 6.07 Å². The molecule has 5 nitrogen and oxygen atoms in total. The molecule has 0 unspecified atom stereocenters. The normalized spacial score (nSPS) is 10.4. The second kappa shape index (κ2) is 6.55. The minimum atomic E-state index is -0.174. The van der Waals surface area contributed by atoms with Gasteiger partial charge in [-0.1, -0.05) is 0 Å². The molecule has 0 saturated carbocycles. The lowest BCUT2D eigenvalue weighted by Crippen LogP contribution is -2.25. The maximum Gasteiger partial charge on any atom is 0.251 e. The van der Waals surface area contributed by atoms with Crippen LogP contribution in [-0.4, -0.2) is 27.3 Å². The summed E-state index contributed by atoms with van der Waals surface area (Å²) in [6, 6.07) is 6.76. The number of phenolic OH excluding ortho intramolecular Hbond substituents is 1. The Morgan fingerprint density at radius 3 is 3.00 bits per heavy atom. The zero-order chi connectivity index (χ0) is 13.7. The summed E-state index contributed by atoms with van der Waals surface area (Å²) in [5.74, 6) is -0.0445. The smallest absolute Gasteiger partial charge is 0.251 e. The van der Waals surface area contributed by atoms with E-state index in [0.717, 1.165) is 16.5 Å². The minimum Gasteiger partial charge on any atom is -0.507 e. The van der Waals surface area contributed by atoms with E-state index in [1.807, 2.05) is 39.5 Å². The maximum absolute atomic E-state index is 11.8. The number of carbonyl (C=O) groups is 1. The van der Waals surface area contributed by atoms with E-state index in [4.69, 9.17) is 0 Å². The van der Waals surface area contributed by atoms with Crippen molar-refractivity contribution >= 4 is 28.5 Å². The summed E-state index contributed by atoms with van der Waals surface area (Å²) in [6.45, 7) is 1.34. The fraction of sp³-hybridized carbons (Fsp3) is 0.231. The fourth-order valence-electron chi connectivity index (χ4n) is 1.63. The van der Waals surface area contributed by atoms with Crippen LogP contribution in [0.5, 0.6) is 5.75 Å². The van der Waals surface area contributed by atoms with Gasteiger partial charge in [0.2, 0.25) is 0 Å². The molecule has 0 saturated heterocycles. The molecular weight excluding hydrogens is 357 g/mol. The first kappa shape index (κ1) is 13.9. The van der Waals surface area contributed by atoms with Gasteiger partial charge >= 0.3 is 0 Å². The van der Waals surface area contributed by atoms with Gasteiger partial charge in [0, 0.05) is 31.0 Å². The van der Waals surface area contributed by atoms with E-state index in [9.17, 15) is 9.90 Å². The van der Waals surface area contributed by atoms with Crippen molar-refractivity contribution in [1.82, 2.24) is 15.1 Å². The highest BCUT2D eigenvalue weighted by Crippen LogP contribution is 2.20. The highest BCUT2D eigenvalue weighted by atomic mass is 127. The summed E-state index contributed by atoms with van der Waals surface area (Å²) in [5, 5.41) is 16.4. The molecule has 2 N–H and O–H groups in total. The SMILES string of the molecule is O=C(NCCCn1cccn1)c1ccc(I)c(O)c1. The van der Waals surface area contributed by atoms with E-state index >= 15 is 0 Å². The molecule has 100 valence electrons. The van der Waals surface area contributed by atoms with Gasteiger partial charge in [-0.15, -0.1) is 0 Å². The van der Waals surface area contributed by atoms with Gasteiger partial charge in [0.1, 0.15) is 5.75 Å². The number of aromatic hydroxyl groups is 1. The number of phenols is 1. The van der Waals surface area contributed by atoms with Crippen LogP contribution in [-0.2, 0) is 6.54 Å². The number of aromatic nitrogens is 2. The zero-order valence-corrected chi connectivity index (χ0v) is 12.4. The Morgan fingerprint density at radius 2 is 2.32 bits per heavy atom. The van der Waals surface area contributed by atoms with Crippen molar-refractivity contribution in [2.24, 2.45) is 0 Å². The van der Waals surface area contributed by atoms with Crippen LogP contribution in [0.4, 0.5) is 0 Å². The Labute approximate surface area is 124 Å². The number of nitrogens with one attached hydrogen (secondary N) is 1. The molecule has 0 radical (unpaired) electrons. The van der Waals surface area contributed by atoms with Gasteiger partial charge in [-0.25, -0.2) is 0 Å². The lowest BCUT2D eigenvalue weighted by atomic mass is 10.2. The van der Waals surface area contributed by atoms with Gasteiger partial charge < -0.3 is 10.4 Å². The van der Waals surface area contributed by atoms with E-state index < -0.39 is 0 Å². The minimum absolute atomic E-state index is 0.129. The quantitative estimate of drug-likeness (QED) is 0.624. The second-order valence-electron chi connectivity index (χ2n) is 4.04. The molecule has 19 heavy (non-hydrogen) atoms. The summed E-state index contributed by atoms with van der Waals surface area (Å²) in [4.78, 5) is 11.8. The lowest BCUT2D eigenvalue weighted by Gasteiger charge is -2.06. The van der Waals surface area contributed by atoms with Gasteiger partial charge in [-0.05, 0) is 53.3 Å². The number of carbonyl (C=O) groups excluding carboxylic acids is 1. The standard InChI is InChI=1S/C13H14IN3O2/c14-11-4-3-10(9-12(11)18)13(19)15-5-1-7-17-8-2-6-16-17/h2-4,6,8-9,18H,1,5,7H2,(H,15,19). The highest BCUT2D eigenvalue weighted by Gasteiger charge is 2.07. The van der Waals surface area contributed by atoms with Gasteiger partial charge in [0.05, 0.1) is 3.57 Å². The summed E-state index contributed by atoms with van der Waals surface area (Å²) < 4.78 is 2.55. The molecule has 0 aliphatic rings. The van der Waals surface area contributed by atoms with Crippen LogP contribution >= 0.6 is 22.6 Å². The molecule has 1 amide bonds. The maximum atomic E-state index is 11.8. The highest BCUT2D eigenvalue weighted by molar-refractivity contribution is 14.1. The van der Waals surface area contributed by atoms with Crippen molar-refractivity contribution in [3.05, 3.63) is 45.8 Å². The van der Waals surface area contributed by atoms with Crippen LogP contribution in [0.1, 0.15) is 16.8 Å². The number of hydrogen-bond donors (Lipinski definition) is 2. The van der Waals surface area contributed by atoms with Crippen molar-refractivity contribution in [3.63, 3.8) is 0 Å². The third kappa shape index (κ3) is 3.95. The number of nitrogens with zero attached hydrogens (tertiary/aromatic N) is 2. The molecule has 1 heterocycles. The van der Waals surface area contributed by atoms with Crippen LogP contribution in [0.15, 0.2) is 36.7 Å². The van der Waals surface area contributed by atoms with Crippen molar-refractivity contribution in [2.75, 3.05) is 6.54 Å². The Kier molecular flexibility index (Phi) is 4.78. The fourth-order valence-corrected chi connectivity index (χ4v) is 1.97. The number of halogens is 1. The molecule has 0 bridgehead atoms. The monoisotopic (exact) mass is 371 g/mol. The average molecular weight is 371 g/mol. The molecule has 0 aliphatic carbocycles. The van der Waals surface area contributed by atoms with Crippen LogP contribution in [0.3, 0.4) is 0 Å². The third-order valence-electron chi connectivity index (χ3n) is 2.62. The van der Waals surface area contributed by atoms with Crippen LogP contribution in [0.25, 0.3) is 0 Å². The molecule has 1 aromatic heterocycles. The number of rotatable bonds is 5. The number of benzene rings is 1. The van der Waals surface area contributed by atoms with E-state index in [0.29, 0.717) is 12.1 Å². The summed E-state index contributed by atoms with van der Waals surface area (Å²) in [6.07, 6.45) is 4.43. The Balaban J connectivity index is 1.79. The largest absolute Gasteiger partial charge is 0.507 e. The summed E-state index contributed by atoms with van der Waals surface area (Å²) >= 11 is 2.01. The van der Waals surface area contributed by atoms with Gasteiger partial charge in [0.15, 0.2) is 0 Å². The third-order valence-corrected chi connectivity index (χ3v) is 3.53. The molecule has 2 rings (SSSR count). The first-order valence-corrected chi connectivity index (χ1v) is 6.99. The Hall–Kier alpha value is -1.57. The predicted octanol–water partition coefficient (Wildman–Crippen LogP) is 2.01. The van der Waals surface area contributed by atoms with Crippen LogP contribution in [0.2, 0.25) is 0 Å². The molecule has 0 atom stereocenters. The number of hydrogen-bond acceptors (Lipinski definition) is 3. The predicted molar refractivity (Wildman–Crippen MR) is 80.0 cm³/mol. The van der Waals surface area contributed by atoms with E-state index in [1.54, 1.807) is 18.3 Å². The van der Waals surface area contributed by atoms with Crippen LogP contribution < -0.4 is 5.32 Å². The van der Waals surface area contributed by atoms with Crippen LogP contribution in [0, 0.1) is 3.57 Å². The Bertz CT molecular complexity index is 555. The molecule has 2 aromatic rings. The lowest BCUT2D eigenvalue weighted by molar-refractivity contribution is 0.0952. The van der Waals surface area contributed by atoms with Crippen molar-refractivity contribution in [2.45, 2.75) is 13.0 Å². The van der Waals surface area contributed by atoms with Crippen molar-refractivity contribution in [1.29, 1.82) is 0 Å². The Morgan fingerprint density at radius 1 is 1.47 bits per heavy atom. The number of aryl methyl sites for hydroxylation is 1. The first-order valence-electron chi connectivity index (χ1n) is 5.91. The van der Waals surface area contributed by atoms with Crippen molar-refractivity contribution < 1.29 is 9.90 Å². The molecule has 0 fully saturated rings. The summed E-state index contributed by atoms with van der Waals surface area (Å²) in [7, 11) is 0. The number of amides is 1. The molecule has 1 aromatic carbocycles. The average Bonchev–Trinajstić information content (AvgIpc) is 2.91.